The van der Waals surface area contributed by atoms with E-state index in [-0.39, 0.29) is 0 Å². The zero-order valence-corrected chi connectivity index (χ0v) is 29.8. The molecule has 0 amide bonds. The zero-order chi connectivity index (χ0) is 36.3. The summed E-state index contributed by atoms with van der Waals surface area (Å²) in [4.78, 5) is 15.5. The monoisotopic (exact) mass is 700 g/mol. The highest BCUT2D eigenvalue weighted by Crippen LogP contribution is 2.42. The molecule has 11 aromatic rings. The maximum atomic E-state index is 5.21. The lowest BCUT2D eigenvalue weighted by Crippen LogP contribution is -1.97. The molecule has 0 aliphatic heterocycles. The smallest absolute Gasteiger partial charge is 0.160 e. The summed E-state index contributed by atoms with van der Waals surface area (Å²) in [5, 5.41) is 7.00. The van der Waals surface area contributed by atoms with Crippen LogP contribution in [0, 0.1) is 0 Å². The second-order valence-electron chi connectivity index (χ2n) is 14.0. The Kier molecular flexibility index (Phi) is 7.14. The van der Waals surface area contributed by atoms with E-state index in [2.05, 4.69) is 187 Å². The number of para-hydroxylation sites is 3. The third-order valence-electron chi connectivity index (χ3n) is 10.8. The van der Waals surface area contributed by atoms with Crippen LogP contribution in [0.3, 0.4) is 0 Å². The molecule has 3 heterocycles. The van der Waals surface area contributed by atoms with E-state index in [1.165, 1.54) is 27.3 Å². The van der Waals surface area contributed by atoms with Gasteiger partial charge in [-0.2, -0.15) is 0 Å². The van der Waals surface area contributed by atoms with Gasteiger partial charge >= 0.3 is 0 Å². The van der Waals surface area contributed by atoms with E-state index in [9.17, 15) is 0 Å². The van der Waals surface area contributed by atoms with Crippen LogP contribution in [0.5, 0.6) is 0 Å². The molecule has 0 saturated carbocycles. The molecule has 0 spiro atoms. The molecule has 3 aromatic heterocycles. The summed E-state index contributed by atoms with van der Waals surface area (Å²) in [6, 6.07) is 68.4. The van der Waals surface area contributed by atoms with Crippen LogP contribution in [-0.4, -0.2) is 19.5 Å². The molecule has 256 valence electrons. The molecule has 55 heavy (non-hydrogen) atoms. The molecule has 0 saturated heterocycles. The van der Waals surface area contributed by atoms with Crippen LogP contribution in [0.2, 0.25) is 0 Å². The number of aromatic nitrogens is 4. The second kappa shape index (κ2) is 12.6. The Labute approximate surface area is 317 Å². The molecule has 0 N–H and O–H groups in total. The summed E-state index contributed by atoms with van der Waals surface area (Å²) < 4.78 is 2.38. The predicted molar refractivity (Wildman–Crippen MR) is 228 cm³/mol. The summed E-state index contributed by atoms with van der Waals surface area (Å²) in [7, 11) is 0. The van der Waals surface area contributed by atoms with Gasteiger partial charge in [-0.05, 0) is 59.7 Å². The van der Waals surface area contributed by atoms with Crippen molar-refractivity contribution in [3.63, 3.8) is 0 Å². The molecule has 4 nitrogen and oxygen atoms in total. The van der Waals surface area contributed by atoms with Crippen LogP contribution in [0.25, 0.3) is 105 Å². The first kappa shape index (κ1) is 31.1. The fraction of sp³-hybridized carbons (Fsp3) is 0. The number of hydrogen-bond donors (Lipinski definition) is 0. The van der Waals surface area contributed by atoms with Gasteiger partial charge in [0.25, 0.3) is 0 Å². The van der Waals surface area contributed by atoms with Crippen molar-refractivity contribution in [2.75, 3.05) is 0 Å². The minimum Gasteiger partial charge on any atom is -0.309 e. The quantitative estimate of drug-likeness (QED) is 0.168. The van der Waals surface area contributed by atoms with Crippen LogP contribution < -0.4 is 0 Å². The standard InChI is InChI=1S/C51H32N4/c1-3-13-33(14-4-1)34-23-25-36(26-24-34)49-40-18-8-11-21-44(40)53-51(54-49)37-27-29-38(30-28-37)55-45-22-12-9-19-41(45)48-46(55)32-31-42-47(48)39-17-7-10-20-43(39)52-50(42)35-15-5-2-6-16-35/h1-32H. The Bertz CT molecular complexity index is 3220. The Morgan fingerprint density at radius 2 is 0.818 bits per heavy atom. The van der Waals surface area contributed by atoms with Gasteiger partial charge in [0.15, 0.2) is 5.82 Å². The lowest BCUT2D eigenvalue weighted by Gasteiger charge is -2.13. The Balaban J connectivity index is 1.06. The van der Waals surface area contributed by atoms with Crippen molar-refractivity contribution in [2.24, 2.45) is 0 Å². The minimum absolute atomic E-state index is 0.702. The van der Waals surface area contributed by atoms with Crippen molar-refractivity contribution in [3.05, 3.63) is 194 Å². The SMILES string of the molecule is c1ccc(-c2ccc(-c3nc(-c4ccc(-n5c6ccccc6c6c7c(ccc65)c(-c5ccccc5)nc5ccccc57)cc4)nc4ccccc34)cc2)cc1. The molecule has 8 aromatic carbocycles. The number of rotatable bonds is 5. The molecule has 0 fully saturated rings. The lowest BCUT2D eigenvalue weighted by molar-refractivity contribution is 1.17. The van der Waals surface area contributed by atoms with Crippen LogP contribution in [0.4, 0.5) is 0 Å². The molecule has 4 heteroatoms. The Morgan fingerprint density at radius 3 is 1.56 bits per heavy atom. The van der Waals surface area contributed by atoms with Crippen LogP contribution in [-0.2, 0) is 0 Å². The van der Waals surface area contributed by atoms with Gasteiger partial charge in [-0.25, -0.2) is 15.0 Å². The van der Waals surface area contributed by atoms with Gasteiger partial charge in [0.1, 0.15) is 0 Å². The highest BCUT2D eigenvalue weighted by molar-refractivity contribution is 6.29. The number of hydrogen-bond acceptors (Lipinski definition) is 3. The first-order valence-electron chi connectivity index (χ1n) is 18.6. The van der Waals surface area contributed by atoms with Crippen molar-refractivity contribution in [1.29, 1.82) is 0 Å². The first-order chi connectivity index (χ1) is 27.3. The molecular weight excluding hydrogens is 669 g/mol. The first-order valence-corrected chi connectivity index (χ1v) is 18.6. The van der Waals surface area contributed by atoms with E-state index < -0.39 is 0 Å². The van der Waals surface area contributed by atoms with Crippen molar-refractivity contribution in [2.45, 2.75) is 0 Å². The van der Waals surface area contributed by atoms with Crippen molar-refractivity contribution >= 4 is 54.4 Å². The van der Waals surface area contributed by atoms with E-state index in [0.717, 1.165) is 72.0 Å². The number of fused-ring (bicyclic) bond motifs is 8. The molecular formula is C51H32N4. The minimum atomic E-state index is 0.702. The maximum Gasteiger partial charge on any atom is 0.160 e. The maximum absolute atomic E-state index is 5.21. The normalized spacial score (nSPS) is 11.6. The topological polar surface area (TPSA) is 43.6 Å². The van der Waals surface area contributed by atoms with Crippen LogP contribution in [0.15, 0.2) is 194 Å². The van der Waals surface area contributed by atoms with E-state index in [1.807, 2.05) is 12.1 Å². The Morgan fingerprint density at radius 1 is 0.291 bits per heavy atom. The third-order valence-corrected chi connectivity index (χ3v) is 10.8. The summed E-state index contributed by atoms with van der Waals surface area (Å²) in [5.41, 5.74) is 12.7. The fourth-order valence-electron chi connectivity index (χ4n) is 8.23. The van der Waals surface area contributed by atoms with Gasteiger partial charge in [-0.15, -0.1) is 0 Å². The summed E-state index contributed by atoms with van der Waals surface area (Å²) in [6.07, 6.45) is 0. The lowest BCUT2D eigenvalue weighted by atomic mass is 9.96. The van der Waals surface area contributed by atoms with E-state index in [1.54, 1.807) is 0 Å². The fourth-order valence-corrected chi connectivity index (χ4v) is 8.23. The zero-order valence-electron chi connectivity index (χ0n) is 29.8. The van der Waals surface area contributed by atoms with Crippen molar-refractivity contribution < 1.29 is 0 Å². The van der Waals surface area contributed by atoms with E-state index in [4.69, 9.17) is 15.0 Å². The largest absolute Gasteiger partial charge is 0.309 e. The highest BCUT2D eigenvalue weighted by Gasteiger charge is 2.20. The van der Waals surface area contributed by atoms with Gasteiger partial charge in [0.2, 0.25) is 0 Å². The highest BCUT2D eigenvalue weighted by atomic mass is 15.0. The summed E-state index contributed by atoms with van der Waals surface area (Å²) >= 11 is 0. The number of nitrogens with zero attached hydrogens (tertiary/aromatic N) is 4. The van der Waals surface area contributed by atoms with Crippen molar-refractivity contribution in [3.8, 4) is 50.7 Å². The Hall–Kier alpha value is -7.43. The summed E-state index contributed by atoms with van der Waals surface area (Å²) in [5.74, 6) is 0.702. The van der Waals surface area contributed by atoms with Gasteiger partial charge < -0.3 is 4.57 Å². The second-order valence-corrected chi connectivity index (χ2v) is 14.0. The van der Waals surface area contributed by atoms with Crippen molar-refractivity contribution in [1.82, 2.24) is 19.5 Å². The van der Waals surface area contributed by atoms with Gasteiger partial charge in [-0.1, -0.05) is 146 Å². The van der Waals surface area contributed by atoms with E-state index >= 15 is 0 Å². The number of pyridine rings is 1. The van der Waals surface area contributed by atoms with Gasteiger partial charge in [0.05, 0.1) is 33.5 Å². The molecule has 0 unspecified atom stereocenters. The third kappa shape index (κ3) is 5.11. The predicted octanol–water partition coefficient (Wildman–Crippen LogP) is 13.1. The van der Waals surface area contributed by atoms with Crippen LogP contribution in [0.1, 0.15) is 0 Å². The summed E-state index contributed by atoms with van der Waals surface area (Å²) in [6.45, 7) is 0. The molecule has 0 aliphatic rings. The number of benzene rings is 8. The molecule has 0 bridgehead atoms. The molecule has 0 atom stereocenters. The van der Waals surface area contributed by atoms with Gasteiger partial charge in [-0.3, -0.25) is 0 Å². The van der Waals surface area contributed by atoms with E-state index in [0.29, 0.717) is 5.82 Å². The average Bonchev–Trinajstić information content (AvgIpc) is 3.61. The molecule has 0 aliphatic carbocycles. The van der Waals surface area contributed by atoms with Gasteiger partial charge in [0, 0.05) is 54.7 Å². The van der Waals surface area contributed by atoms with Crippen LogP contribution >= 0.6 is 0 Å². The molecule has 11 rings (SSSR count). The molecule has 0 radical (unpaired) electrons. The average molecular weight is 701 g/mol.